The van der Waals surface area contributed by atoms with Crippen molar-refractivity contribution in [3.63, 3.8) is 0 Å². The zero-order valence-corrected chi connectivity index (χ0v) is 20.8. The number of sulfonamides is 1. The molecule has 37 heavy (non-hydrogen) atoms. The second kappa shape index (κ2) is 9.42. The number of piperidine rings is 1. The first kappa shape index (κ1) is 26.6. The van der Waals surface area contributed by atoms with Crippen molar-refractivity contribution in [2.75, 3.05) is 13.1 Å². The molecule has 4 rings (SSSR count). The van der Waals surface area contributed by atoms with Crippen LogP contribution < -0.4 is 5.32 Å². The van der Waals surface area contributed by atoms with Gasteiger partial charge in [-0.3, -0.25) is 9.79 Å². The van der Waals surface area contributed by atoms with E-state index in [4.69, 9.17) is 0 Å². The molecule has 0 saturated carbocycles. The van der Waals surface area contributed by atoms with E-state index >= 15 is 0 Å². The molecule has 1 amide bonds. The average Bonchev–Trinajstić information content (AvgIpc) is 3.13. The minimum Gasteiger partial charge on any atom is -0.478 e. The van der Waals surface area contributed by atoms with Crippen LogP contribution >= 0.6 is 0 Å². The summed E-state index contributed by atoms with van der Waals surface area (Å²) in [6.45, 7) is 3.37. The molecule has 2 aromatic carbocycles. The Balaban J connectivity index is 1.50. The van der Waals surface area contributed by atoms with Gasteiger partial charge in [0.25, 0.3) is 5.91 Å². The quantitative estimate of drug-likeness (QED) is 0.605. The topological polar surface area (TPSA) is 116 Å². The van der Waals surface area contributed by atoms with Gasteiger partial charge in [0, 0.05) is 24.1 Å². The number of carboxylic acids is 1. The van der Waals surface area contributed by atoms with Crippen LogP contribution in [0.5, 0.6) is 0 Å². The molecule has 0 radical (unpaired) electrons. The van der Waals surface area contributed by atoms with Crippen molar-refractivity contribution >= 4 is 33.8 Å². The fourth-order valence-electron chi connectivity index (χ4n) is 4.55. The van der Waals surface area contributed by atoms with Crippen LogP contribution in [0.25, 0.3) is 6.08 Å². The van der Waals surface area contributed by atoms with Crippen molar-refractivity contribution in [3.8, 4) is 0 Å². The third-order valence-electron chi connectivity index (χ3n) is 6.60. The number of hydrogen-bond donors (Lipinski definition) is 2. The molecular formula is C25H24F3N3O5S. The molecular weight excluding hydrogens is 511 g/mol. The SMILES string of the molecule is Cc1cc(C(=O)O)cc(C)c1/C=C/S(=O)(=O)N1CCC2(CC1)N=C(c1cccc(C(F)(F)F)c1)NC2=O. The molecule has 2 heterocycles. The summed E-state index contributed by atoms with van der Waals surface area (Å²) in [7, 11) is -3.86. The lowest BCUT2D eigenvalue weighted by molar-refractivity contribution is -0.137. The number of benzene rings is 2. The maximum absolute atomic E-state index is 13.1. The van der Waals surface area contributed by atoms with Gasteiger partial charge in [-0.25, -0.2) is 13.2 Å². The number of alkyl halides is 3. The van der Waals surface area contributed by atoms with Crippen molar-refractivity contribution < 1.29 is 36.3 Å². The molecule has 2 N–H and O–H groups in total. The van der Waals surface area contributed by atoms with Gasteiger partial charge in [-0.05, 0) is 73.7 Å². The molecule has 0 bridgehead atoms. The maximum atomic E-state index is 13.1. The minimum atomic E-state index is -4.54. The number of carboxylic acid groups (broad SMARTS) is 1. The number of halogens is 3. The molecule has 8 nitrogen and oxygen atoms in total. The predicted octanol–water partition coefficient (Wildman–Crippen LogP) is 3.73. The zero-order valence-electron chi connectivity index (χ0n) is 20.0. The van der Waals surface area contributed by atoms with Crippen molar-refractivity contribution in [1.82, 2.24) is 9.62 Å². The van der Waals surface area contributed by atoms with Crippen molar-refractivity contribution in [2.24, 2.45) is 4.99 Å². The molecule has 1 saturated heterocycles. The van der Waals surface area contributed by atoms with Crippen LogP contribution in [0.3, 0.4) is 0 Å². The summed E-state index contributed by atoms with van der Waals surface area (Å²) in [6.07, 6.45) is -2.99. The summed E-state index contributed by atoms with van der Waals surface area (Å²) >= 11 is 0. The van der Waals surface area contributed by atoms with Gasteiger partial charge in [0.2, 0.25) is 10.0 Å². The molecule has 0 aromatic heterocycles. The number of amidine groups is 1. The Kier molecular flexibility index (Phi) is 6.76. The second-order valence-electron chi connectivity index (χ2n) is 9.10. The lowest BCUT2D eigenvalue weighted by Gasteiger charge is -2.34. The van der Waals surface area contributed by atoms with Crippen LogP contribution in [0, 0.1) is 13.8 Å². The van der Waals surface area contributed by atoms with Gasteiger partial charge >= 0.3 is 12.1 Å². The van der Waals surface area contributed by atoms with Crippen LogP contribution in [-0.2, 0) is 21.0 Å². The standard InChI is InChI=1S/C25H24F3N3O5S/c1-15-12-18(22(32)33)13-16(2)20(15)6-11-37(35,36)31-9-7-24(8-10-31)23(34)29-21(30-24)17-4-3-5-19(14-17)25(26,27)28/h3-6,11-14H,7-10H2,1-2H3,(H,32,33)(H,29,30,34)/b11-6+. The third-order valence-corrected chi connectivity index (χ3v) is 8.17. The first-order valence-electron chi connectivity index (χ1n) is 11.3. The van der Waals surface area contributed by atoms with Gasteiger partial charge in [0.05, 0.1) is 11.1 Å². The summed E-state index contributed by atoms with van der Waals surface area (Å²) in [6, 6.07) is 7.42. The normalized spacial score (nSPS) is 18.3. The molecule has 196 valence electrons. The molecule has 12 heteroatoms. The highest BCUT2D eigenvalue weighted by Gasteiger charge is 2.47. The lowest BCUT2D eigenvalue weighted by atomic mass is 9.89. The number of hydrogen-bond acceptors (Lipinski definition) is 5. The number of nitrogens with zero attached hydrogens (tertiary/aromatic N) is 2. The minimum absolute atomic E-state index is 0.00458. The Bertz CT molecular complexity index is 1420. The number of aliphatic imine (C=N–C) groups is 1. The largest absolute Gasteiger partial charge is 0.478 e. The highest BCUT2D eigenvalue weighted by Crippen LogP contribution is 2.34. The molecule has 0 unspecified atom stereocenters. The van der Waals surface area contributed by atoms with Crippen molar-refractivity contribution in [1.29, 1.82) is 0 Å². The highest BCUT2D eigenvalue weighted by atomic mass is 32.2. The van der Waals surface area contributed by atoms with Gasteiger partial charge in [0.15, 0.2) is 0 Å². The van der Waals surface area contributed by atoms with E-state index in [0.29, 0.717) is 16.7 Å². The van der Waals surface area contributed by atoms with E-state index in [-0.39, 0.29) is 42.9 Å². The number of carbonyl (C=O) groups excluding carboxylic acids is 1. The molecule has 1 fully saturated rings. The summed E-state index contributed by atoms with van der Waals surface area (Å²) in [5, 5.41) is 12.8. The number of aromatic carboxylic acids is 1. The van der Waals surface area contributed by atoms with E-state index in [2.05, 4.69) is 10.3 Å². The van der Waals surface area contributed by atoms with Gasteiger partial charge < -0.3 is 10.4 Å². The van der Waals surface area contributed by atoms with Crippen LogP contribution in [-0.4, -0.2) is 54.2 Å². The van der Waals surface area contributed by atoms with E-state index in [1.54, 1.807) is 13.8 Å². The van der Waals surface area contributed by atoms with E-state index < -0.39 is 39.2 Å². The number of carbonyl (C=O) groups is 2. The number of nitrogens with one attached hydrogen (secondary N) is 1. The van der Waals surface area contributed by atoms with Gasteiger partial charge in [0.1, 0.15) is 11.4 Å². The fourth-order valence-corrected chi connectivity index (χ4v) is 5.72. The Morgan fingerprint density at radius 2 is 1.76 bits per heavy atom. The molecule has 1 spiro atoms. The Morgan fingerprint density at radius 3 is 2.32 bits per heavy atom. The number of aryl methyl sites for hydroxylation is 2. The molecule has 2 aliphatic heterocycles. The second-order valence-corrected chi connectivity index (χ2v) is 10.9. The lowest BCUT2D eigenvalue weighted by Crippen LogP contribution is -2.50. The van der Waals surface area contributed by atoms with E-state index in [1.165, 1.54) is 34.6 Å². The van der Waals surface area contributed by atoms with E-state index in [1.807, 2.05) is 0 Å². The Morgan fingerprint density at radius 1 is 1.14 bits per heavy atom. The fraction of sp³-hybridized carbons (Fsp3) is 0.320. The van der Waals surface area contributed by atoms with Crippen LogP contribution in [0.15, 0.2) is 46.8 Å². The molecule has 2 aromatic rings. The maximum Gasteiger partial charge on any atom is 0.416 e. The van der Waals surface area contributed by atoms with Crippen LogP contribution in [0.4, 0.5) is 13.2 Å². The zero-order chi connectivity index (χ0) is 27.2. The van der Waals surface area contributed by atoms with Crippen LogP contribution in [0.1, 0.15) is 51.0 Å². The average molecular weight is 536 g/mol. The molecule has 0 atom stereocenters. The smallest absolute Gasteiger partial charge is 0.416 e. The highest BCUT2D eigenvalue weighted by molar-refractivity contribution is 7.92. The van der Waals surface area contributed by atoms with Crippen LogP contribution in [0.2, 0.25) is 0 Å². The predicted molar refractivity (Wildman–Crippen MR) is 130 cm³/mol. The Hall–Kier alpha value is -3.51. The summed E-state index contributed by atoms with van der Waals surface area (Å²) < 4.78 is 66.4. The molecule has 0 aliphatic carbocycles. The van der Waals surface area contributed by atoms with Gasteiger partial charge in [-0.2, -0.15) is 17.5 Å². The summed E-state index contributed by atoms with van der Waals surface area (Å²) in [4.78, 5) is 28.4. The van der Waals surface area contributed by atoms with Gasteiger partial charge in [-0.1, -0.05) is 12.1 Å². The van der Waals surface area contributed by atoms with E-state index in [9.17, 15) is 36.3 Å². The first-order valence-corrected chi connectivity index (χ1v) is 12.8. The summed E-state index contributed by atoms with van der Waals surface area (Å²) in [5.41, 5.74) is -0.0692. The van der Waals surface area contributed by atoms with Crippen molar-refractivity contribution in [3.05, 3.63) is 75.2 Å². The monoisotopic (exact) mass is 535 g/mol. The van der Waals surface area contributed by atoms with Crippen molar-refractivity contribution in [2.45, 2.75) is 38.4 Å². The first-order chi connectivity index (χ1) is 17.2. The number of amides is 1. The number of rotatable bonds is 5. The van der Waals surface area contributed by atoms with Gasteiger partial charge in [-0.15, -0.1) is 0 Å². The third kappa shape index (κ3) is 5.30. The summed E-state index contributed by atoms with van der Waals surface area (Å²) in [5.74, 6) is -1.52. The van der Waals surface area contributed by atoms with E-state index in [0.717, 1.165) is 17.5 Å². The Labute approximate surface area is 211 Å². The molecule has 2 aliphatic rings.